The van der Waals surface area contributed by atoms with Crippen molar-refractivity contribution >= 4 is 55.8 Å². The van der Waals surface area contributed by atoms with Crippen molar-refractivity contribution in [1.29, 1.82) is 0 Å². The molecule has 0 aliphatic carbocycles. The Hall–Kier alpha value is -1.90. The Morgan fingerprint density at radius 2 is 2.04 bits per heavy atom. The predicted molar refractivity (Wildman–Crippen MR) is 118 cm³/mol. The maximum absolute atomic E-state index is 12.9. The van der Waals surface area contributed by atoms with E-state index in [4.69, 9.17) is 0 Å². The van der Waals surface area contributed by atoms with Crippen molar-refractivity contribution in [2.45, 2.75) is 29.5 Å². The van der Waals surface area contributed by atoms with Crippen LogP contribution in [0.3, 0.4) is 0 Å². The molecule has 28 heavy (non-hydrogen) atoms. The number of nitrogens with zero attached hydrogens (tertiary/aromatic N) is 3. The van der Waals surface area contributed by atoms with Crippen LogP contribution in [0, 0.1) is 0 Å². The number of benzene rings is 2. The van der Waals surface area contributed by atoms with Gasteiger partial charge in [0.1, 0.15) is 0 Å². The van der Waals surface area contributed by atoms with E-state index in [2.05, 4.69) is 49.6 Å². The zero-order valence-electron chi connectivity index (χ0n) is 15.3. The van der Waals surface area contributed by atoms with Gasteiger partial charge in [0.2, 0.25) is 11.0 Å². The van der Waals surface area contributed by atoms with Crippen LogP contribution in [0.2, 0.25) is 0 Å². The molecule has 2 aromatic carbocycles. The van der Waals surface area contributed by atoms with E-state index in [0.29, 0.717) is 11.7 Å². The Bertz CT molecular complexity index is 994. The minimum Gasteiger partial charge on any atom is -0.337 e. The third-order valence-electron chi connectivity index (χ3n) is 4.55. The number of hydrogen-bond donors (Lipinski definition) is 1. The fraction of sp³-hybridized carbons (Fsp3) is 0.250. The lowest BCUT2D eigenvalue weighted by atomic mass is 10.00. The second-order valence-corrected chi connectivity index (χ2v) is 10.0. The molecule has 0 saturated heterocycles. The lowest BCUT2D eigenvalue weighted by Gasteiger charge is -2.30. The van der Waals surface area contributed by atoms with E-state index in [9.17, 15) is 4.79 Å². The Kier molecular flexibility index (Phi) is 5.99. The molecule has 0 bridgehead atoms. The molecule has 5 nitrogen and oxygen atoms in total. The largest absolute Gasteiger partial charge is 0.337 e. The number of thioether (sulfide) groups is 1. The predicted octanol–water partition coefficient (Wildman–Crippen LogP) is 5.11. The maximum Gasteiger partial charge on any atom is 0.236 e. The third kappa shape index (κ3) is 4.56. The minimum absolute atomic E-state index is 0.149. The lowest BCUT2D eigenvalue weighted by Crippen LogP contribution is -2.40. The van der Waals surface area contributed by atoms with Crippen molar-refractivity contribution in [2.75, 3.05) is 11.9 Å². The minimum atomic E-state index is -0.197. The monoisotopic (exact) mass is 474 g/mol. The van der Waals surface area contributed by atoms with Crippen LogP contribution in [0.1, 0.15) is 18.1 Å². The van der Waals surface area contributed by atoms with E-state index in [-0.39, 0.29) is 11.2 Å². The van der Waals surface area contributed by atoms with E-state index >= 15 is 0 Å². The highest BCUT2D eigenvalue weighted by molar-refractivity contribution is 9.10. The molecule has 1 atom stereocenters. The Labute approximate surface area is 180 Å². The first-order chi connectivity index (χ1) is 13.6. The molecule has 8 heteroatoms. The van der Waals surface area contributed by atoms with Gasteiger partial charge in [0, 0.05) is 23.2 Å². The van der Waals surface area contributed by atoms with E-state index in [1.54, 1.807) is 0 Å². The molecule has 144 valence electrons. The summed E-state index contributed by atoms with van der Waals surface area (Å²) in [5.41, 5.74) is 3.54. The Balaban J connectivity index is 1.37. The molecule has 0 saturated carbocycles. The number of anilines is 2. The van der Waals surface area contributed by atoms with Gasteiger partial charge in [0.15, 0.2) is 4.34 Å². The first-order valence-electron chi connectivity index (χ1n) is 8.97. The standard InChI is InChI=1S/C20H19BrN4OS2/c1-13(18(26)25-10-9-14-5-2-3-6-15(14)12-25)27-20-24-23-19(28-20)22-17-8-4-7-16(21)11-17/h2-8,11,13H,9-10,12H2,1H3,(H,22,23). The molecule has 3 aromatic rings. The van der Waals surface area contributed by atoms with E-state index in [0.717, 1.165) is 27.5 Å². The second-order valence-electron chi connectivity index (χ2n) is 6.55. The molecule has 2 heterocycles. The van der Waals surface area contributed by atoms with Crippen LogP contribution >= 0.6 is 39.0 Å². The van der Waals surface area contributed by atoms with Crippen molar-refractivity contribution in [3.8, 4) is 0 Å². The summed E-state index contributed by atoms with van der Waals surface area (Å²) in [6.07, 6.45) is 0.915. The number of nitrogens with one attached hydrogen (secondary N) is 1. The van der Waals surface area contributed by atoms with Crippen LogP contribution in [0.15, 0.2) is 57.3 Å². The van der Waals surface area contributed by atoms with Gasteiger partial charge in [0.25, 0.3) is 0 Å². The van der Waals surface area contributed by atoms with Crippen LogP contribution in [-0.2, 0) is 17.8 Å². The van der Waals surface area contributed by atoms with Crippen molar-refractivity contribution in [1.82, 2.24) is 15.1 Å². The zero-order chi connectivity index (χ0) is 19.5. The van der Waals surface area contributed by atoms with Crippen LogP contribution in [-0.4, -0.2) is 32.8 Å². The van der Waals surface area contributed by atoms with Gasteiger partial charge in [-0.05, 0) is 42.7 Å². The highest BCUT2D eigenvalue weighted by Gasteiger charge is 2.26. The quantitative estimate of drug-likeness (QED) is 0.520. The van der Waals surface area contributed by atoms with Gasteiger partial charge in [-0.1, -0.05) is 69.4 Å². The number of fused-ring (bicyclic) bond motifs is 1. The Morgan fingerprint density at radius 3 is 2.86 bits per heavy atom. The molecule has 1 aromatic heterocycles. The SMILES string of the molecule is CC(Sc1nnc(Nc2cccc(Br)c2)s1)C(=O)N1CCc2ccccc2C1. The summed E-state index contributed by atoms with van der Waals surface area (Å²) in [6, 6.07) is 16.2. The van der Waals surface area contributed by atoms with Crippen molar-refractivity contribution in [3.63, 3.8) is 0 Å². The summed E-state index contributed by atoms with van der Waals surface area (Å²) in [7, 11) is 0. The first-order valence-corrected chi connectivity index (χ1v) is 11.5. The first kappa shape index (κ1) is 19.4. The normalized spacial score (nSPS) is 14.4. The van der Waals surface area contributed by atoms with E-state index in [1.807, 2.05) is 42.2 Å². The molecular weight excluding hydrogens is 456 g/mol. The summed E-state index contributed by atoms with van der Waals surface area (Å²) in [4.78, 5) is 14.8. The molecule has 1 unspecified atom stereocenters. The lowest BCUT2D eigenvalue weighted by molar-refractivity contribution is -0.131. The Morgan fingerprint density at radius 1 is 1.21 bits per heavy atom. The molecule has 0 spiro atoms. The number of halogens is 1. The molecular formula is C20H19BrN4OS2. The van der Waals surface area contributed by atoms with Gasteiger partial charge in [-0.25, -0.2) is 0 Å². The summed E-state index contributed by atoms with van der Waals surface area (Å²) in [5.74, 6) is 0.149. The summed E-state index contributed by atoms with van der Waals surface area (Å²) >= 11 is 6.38. The van der Waals surface area contributed by atoms with Gasteiger partial charge in [-0.15, -0.1) is 10.2 Å². The fourth-order valence-electron chi connectivity index (χ4n) is 3.14. The van der Waals surface area contributed by atoms with Crippen molar-refractivity contribution < 1.29 is 4.79 Å². The molecule has 1 amide bonds. The summed E-state index contributed by atoms with van der Waals surface area (Å²) in [6.45, 7) is 3.40. The number of carbonyl (C=O) groups is 1. The summed E-state index contributed by atoms with van der Waals surface area (Å²) in [5, 5.41) is 12.2. The van der Waals surface area contributed by atoms with Gasteiger partial charge in [0.05, 0.1) is 5.25 Å². The maximum atomic E-state index is 12.9. The molecule has 1 aliphatic heterocycles. The number of hydrogen-bond acceptors (Lipinski definition) is 6. The van der Waals surface area contributed by atoms with Crippen LogP contribution in [0.4, 0.5) is 10.8 Å². The number of carbonyl (C=O) groups excluding carboxylic acids is 1. The average Bonchev–Trinajstić information content (AvgIpc) is 3.13. The van der Waals surface area contributed by atoms with Crippen molar-refractivity contribution in [2.24, 2.45) is 0 Å². The summed E-state index contributed by atoms with van der Waals surface area (Å²) < 4.78 is 1.79. The average molecular weight is 475 g/mol. The van der Waals surface area contributed by atoms with Gasteiger partial charge in [-0.2, -0.15) is 0 Å². The van der Waals surface area contributed by atoms with Crippen LogP contribution < -0.4 is 5.32 Å². The van der Waals surface area contributed by atoms with Gasteiger partial charge in [-0.3, -0.25) is 4.79 Å². The van der Waals surface area contributed by atoms with Crippen molar-refractivity contribution in [3.05, 3.63) is 64.1 Å². The molecule has 4 rings (SSSR count). The highest BCUT2D eigenvalue weighted by atomic mass is 79.9. The molecule has 0 fully saturated rings. The van der Waals surface area contributed by atoms with Gasteiger partial charge >= 0.3 is 0 Å². The second kappa shape index (κ2) is 8.63. The van der Waals surface area contributed by atoms with Crippen LogP contribution in [0.25, 0.3) is 0 Å². The molecule has 1 N–H and O–H groups in total. The fourth-order valence-corrected chi connectivity index (χ4v) is 5.54. The molecule has 1 aliphatic rings. The highest BCUT2D eigenvalue weighted by Crippen LogP contribution is 2.32. The van der Waals surface area contributed by atoms with E-state index < -0.39 is 0 Å². The third-order valence-corrected chi connectivity index (χ3v) is 7.05. The number of aromatic nitrogens is 2. The number of amides is 1. The van der Waals surface area contributed by atoms with Gasteiger partial charge < -0.3 is 10.2 Å². The van der Waals surface area contributed by atoms with Crippen LogP contribution in [0.5, 0.6) is 0 Å². The zero-order valence-corrected chi connectivity index (χ0v) is 18.5. The topological polar surface area (TPSA) is 58.1 Å². The smallest absolute Gasteiger partial charge is 0.236 e. The molecule has 0 radical (unpaired) electrons. The van der Waals surface area contributed by atoms with E-state index in [1.165, 1.54) is 34.2 Å². The number of rotatable bonds is 5.